The lowest BCUT2D eigenvalue weighted by Gasteiger charge is -2.18. The minimum absolute atomic E-state index is 0.104. The Bertz CT molecular complexity index is 497. The van der Waals surface area contributed by atoms with E-state index in [1.165, 1.54) is 0 Å². The van der Waals surface area contributed by atoms with Crippen LogP contribution in [-0.4, -0.2) is 7.11 Å². The van der Waals surface area contributed by atoms with Crippen LogP contribution in [0.1, 0.15) is 25.1 Å². The normalized spacial score (nSPS) is 12.2. The van der Waals surface area contributed by atoms with Crippen LogP contribution in [0.25, 0.3) is 0 Å². The van der Waals surface area contributed by atoms with Crippen LogP contribution >= 0.6 is 11.6 Å². The first-order chi connectivity index (χ1) is 8.74. The molecule has 1 N–H and O–H groups in total. The van der Waals surface area contributed by atoms with E-state index in [4.69, 9.17) is 20.8 Å². The zero-order valence-electron chi connectivity index (χ0n) is 10.4. The molecule has 0 amide bonds. The summed E-state index contributed by atoms with van der Waals surface area (Å²) in [5.74, 6) is 1.67. The number of ether oxygens (including phenoxy) is 1. The highest BCUT2D eigenvalue weighted by Gasteiger charge is 2.14. The maximum atomic E-state index is 6.01. The summed E-state index contributed by atoms with van der Waals surface area (Å²) in [6.45, 7) is 2.09. The van der Waals surface area contributed by atoms with E-state index in [1.54, 1.807) is 19.4 Å². The number of anilines is 1. The van der Waals surface area contributed by atoms with Crippen molar-refractivity contribution >= 4 is 17.3 Å². The Morgan fingerprint density at radius 2 is 2.22 bits per heavy atom. The molecule has 0 aliphatic heterocycles. The molecule has 0 aliphatic carbocycles. The molecule has 1 heterocycles. The van der Waals surface area contributed by atoms with Gasteiger partial charge < -0.3 is 14.5 Å². The third-order valence-corrected chi connectivity index (χ3v) is 3.02. The molecule has 18 heavy (non-hydrogen) atoms. The Kier molecular flexibility index (Phi) is 4.15. The number of hydrogen-bond acceptors (Lipinski definition) is 3. The lowest BCUT2D eigenvalue weighted by molar-refractivity contribution is 0.414. The highest BCUT2D eigenvalue weighted by Crippen LogP contribution is 2.32. The van der Waals surface area contributed by atoms with Gasteiger partial charge >= 0.3 is 0 Å². The molecule has 1 unspecified atom stereocenters. The first-order valence-electron chi connectivity index (χ1n) is 5.88. The van der Waals surface area contributed by atoms with Gasteiger partial charge in [0, 0.05) is 5.02 Å². The van der Waals surface area contributed by atoms with Crippen LogP contribution in [0.4, 0.5) is 5.69 Å². The smallest absolute Gasteiger partial charge is 0.142 e. The highest BCUT2D eigenvalue weighted by molar-refractivity contribution is 6.30. The van der Waals surface area contributed by atoms with E-state index in [-0.39, 0.29) is 6.04 Å². The van der Waals surface area contributed by atoms with Gasteiger partial charge in [-0.25, -0.2) is 0 Å². The van der Waals surface area contributed by atoms with Crippen LogP contribution in [0.5, 0.6) is 5.75 Å². The lowest BCUT2D eigenvalue weighted by Crippen LogP contribution is -2.09. The van der Waals surface area contributed by atoms with Crippen molar-refractivity contribution in [2.75, 3.05) is 12.4 Å². The Morgan fingerprint density at radius 3 is 2.83 bits per heavy atom. The van der Waals surface area contributed by atoms with Gasteiger partial charge in [-0.05, 0) is 36.8 Å². The molecule has 2 aromatic rings. The van der Waals surface area contributed by atoms with E-state index >= 15 is 0 Å². The first kappa shape index (κ1) is 12.8. The van der Waals surface area contributed by atoms with Gasteiger partial charge in [0.1, 0.15) is 11.5 Å². The van der Waals surface area contributed by atoms with Gasteiger partial charge in [0.25, 0.3) is 0 Å². The van der Waals surface area contributed by atoms with E-state index in [0.29, 0.717) is 5.02 Å². The molecule has 0 saturated carbocycles. The van der Waals surface area contributed by atoms with Crippen LogP contribution in [0, 0.1) is 0 Å². The summed E-state index contributed by atoms with van der Waals surface area (Å²) >= 11 is 6.01. The first-order valence-corrected chi connectivity index (χ1v) is 6.26. The molecule has 0 spiro atoms. The molecule has 0 bridgehead atoms. The molecule has 96 valence electrons. The number of nitrogens with one attached hydrogen (secondary N) is 1. The number of furan rings is 1. The number of benzene rings is 1. The van der Waals surface area contributed by atoms with Gasteiger partial charge in [-0.2, -0.15) is 0 Å². The third kappa shape index (κ3) is 2.79. The lowest BCUT2D eigenvalue weighted by atomic mass is 10.1. The average Bonchev–Trinajstić information content (AvgIpc) is 2.90. The van der Waals surface area contributed by atoms with Gasteiger partial charge in [0.2, 0.25) is 0 Å². The fourth-order valence-corrected chi connectivity index (χ4v) is 2.02. The van der Waals surface area contributed by atoms with Gasteiger partial charge in [-0.15, -0.1) is 0 Å². The largest absolute Gasteiger partial charge is 0.495 e. The van der Waals surface area contributed by atoms with Crippen molar-refractivity contribution in [3.05, 3.63) is 47.4 Å². The van der Waals surface area contributed by atoms with Gasteiger partial charge in [0.15, 0.2) is 0 Å². The van der Waals surface area contributed by atoms with E-state index in [9.17, 15) is 0 Å². The number of halogens is 1. The van der Waals surface area contributed by atoms with Crippen molar-refractivity contribution in [3.8, 4) is 5.75 Å². The van der Waals surface area contributed by atoms with Crippen LogP contribution in [-0.2, 0) is 0 Å². The van der Waals surface area contributed by atoms with Crippen LogP contribution < -0.4 is 10.1 Å². The predicted octanol–water partition coefficient (Wildman–Crippen LogP) is 4.50. The molecule has 0 radical (unpaired) electrons. The van der Waals surface area contributed by atoms with E-state index in [2.05, 4.69) is 12.2 Å². The van der Waals surface area contributed by atoms with E-state index < -0.39 is 0 Å². The molecule has 0 fully saturated rings. The molecule has 4 heteroatoms. The molecule has 3 nitrogen and oxygen atoms in total. The maximum Gasteiger partial charge on any atom is 0.142 e. The predicted molar refractivity (Wildman–Crippen MR) is 73.4 cm³/mol. The van der Waals surface area contributed by atoms with Crippen LogP contribution in [0.3, 0.4) is 0 Å². The second-order valence-corrected chi connectivity index (χ2v) is 4.40. The SMILES string of the molecule is CCC(Nc1cc(Cl)ccc1OC)c1ccco1. The quantitative estimate of drug-likeness (QED) is 0.864. The topological polar surface area (TPSA) is 34.4 Å². The van der Waals surface area contributed by atoms with E-state index in [1.807, 2.05) is 24.3 Å². The van der Waals surface area contributed by atoms with Crippen molar-refractivity contribution in [1.29, 1.82) is 0 Å². The summed E-state index contributed by atoms with van der Waals surface area (Å²) < 4.78 is 10.7. The van der Waals surface area contributed by atoms with Gasteiger partial charge in [-0.3, -0.25) is 0 Å². The summed E-state index contributed by atoms with van der Waals surface area (Å²) in [6, 6.07) is 9.45. The monoisotopic (exact) mass is 265 g/mol. The standard InChI is InChI=1S/C14H16ClNO2/c1-3-11(14-5-4-8-18-14)16-12-9-10(15)6-7-13(12)17-2/h4-9,11,16H,3H2,1-2H3. The highest BCUT2D eigenvalue weighted by atomic mass is 35.5. The Morgan fingerprint density at radius 1 is 1.39 bits per heavy atom. The maximum absolute atomic E-state index is 6.01. The Hall–Kier alpha value is -1.61. The van der Waals surface area contributed by atoms with Gasteiger partial charge in [0.05, 0.1) is 25.1 Å². The fraction of sp³-hybridized carbons (Fsp3) is 0.286. The molecule has 1 aromatic heterocycles. The second-order valence-electron chi connectivity index (χ2n) is 3.97. The van der Waals surface area contributed by atoms with Crippen LogP contribution in [0.2, 0.25) is 5.02 Å². The molecular formula is C14H16ClNO2. The average molecular weight is 266 g/mol. The molecule has 1 atom stereocenters. The molecule has 1 aromatic carbocycles. The van der Waals surface area contributed by atoms with Crippen molar-refractivity contribution < 1.29 is 9.15 Å². The second kappa shape index (κ2) is 5.83. The van der Waals surface area contributed by atoms with E-state index in [0.717, 1.165) is 23.6 Å². The molecular weight excluding hydrogens is 250 g/mol. The molecule has 2 rings (SSSR count). The minimum Gasteiger partial charge on any atom is -0.495 e. The number of methoxy groups -OCH3 is 1. The fourth-order valence-electron chi connectivity index (χ4n) is 1.84. The minimum atomic E-state index is 0.104. The molecule has 0 saturated heterocycles. The summed E-state index contributed by atoms with van der Waals surface area (Å²) in [7, 11) is 1.64. The summed E-state index contributed by atoms with van der Waals surface area (Å²) in [6.07, 6.45) is 2.58. The Labute approximate surface area is 112 Å². The summed E-state index contributed by atoms with van der Waals surface area (Å²) in [5.41, 5.74) is 0.869. The zero-order chi connectivity index (χ0) is 13.0. The van der Waals surface area contributed by atoms with Crippen molar-refractivity contribution in [1.82, 2.24) is 0 Å². The number of hydrogen-bond donors (Lipinski definition) is 1. The number of rotatable bonds is 5. The Balaban J connectivity index is 2.24. The summed E-state index contributed by atoms with van der Waals surface area (Å²) in [4.78, 5) is 0. The summed E-state index contributed by atoms with van der Waals surface area (Å²) in [5, 5.41) is 4.06. The van der Waals surface area contributed by atoms with Crippen molar-refractivity contribution in [3.63, 3.8) is 0 Å². The zero-order valence-corrected chi connectivity index (χ0v) is 11.2. The van der Waals surface area contributed by atoms with Crippen LogP contribution in [0.15, 0.2) is 41.0 Å². The van der Waals surface area contributed by atoms with Gasteiger partial charge in [-0.1, -0.05) is 18.5 Å². The third-order valence-electron chi connectivity index (χ3n) is 2.79. The van der Waals surface area contributed by atoms with Crippen molar-refractivity contribution in [2.45, 2.75) is 19.4 Å². The van der Waals surface area contributed by atoms with Crippen molar-refractivity contribution in [2.24, 2.45) is 0 Å². The molecule has 0 aliphatic rings.